The minimum absolute atomic E-state index is 0.682. The molecule has 94 valence electrons. The van der Waals surface area contributed by atoms with Crippen LogP contribution in [-0.2, 0) is 0 Å². The highest BCUT2D eigenvalue weighted by Gasteiger charge is 2.10. The highest BCUT2D eigenvalue weighted by molar-refractivity contribution is 8.00. The Labute approximate surface area is 115 Å². The second-order valence-electron chi connectivity index (χ2n) is 4.23. The number of nitrogens with one attached hydrogen (secondary N) is 3. The molecule has 0 unspecified atom stereocenters. The van der Waals surface area contributed by atoms with Crippen LogP contribution in [0.4, 0.5) is 5.69 Å². The van der Waals surface area contributed by atoms with E-state index in [0.29, 0.717) is 5.56 Å². The van der Waals surface area contributed by atoms with Gasteiger partial charge < -0.3 is 14.7 Å². The van der Waals surface area contributed by atoms with Gasteiger partial charge in [-0.15, -0.1) is 0 Å². The van der Waals surface area contributed by atoms with Crippen molar-refractivity contribution in [3.05, 3.63) is 47.8 Å². The number of anilines is 1. The van der Waals surface area contributed by atoms with Crippen LogP contribution in [0.15, 0.2) is 41.7 Å². The molecule has 2 heterocycles. The molecular formula is C14H12N4S. The van der Waals surface area contributed by atoms with Gasteiger partial charge in [0.1, 0.15) is 6.07 Å². The summed E-state index contributed by atoms with van der Waals surface area (Å²) in [6.45, 7) is 2.01. The van der Waals surface area contributed by atoms with Gasteiger partial charge in [0, 0.05) is 29.7 Å². The van der Waals surface area contributed by atoms with Crippen molar-refractivity contribution >= 4 is 28.5 Å². The summed E-state index contributed by atoms with van der Waals surface area (Å²) in [7, 11) is 0. The van der Waals surface area contributed by atoms with E-state index in [4.69, 9.17) is 5.26 Å². The Morgan fingerprint density at radius 2 is 2.16 bits per heavy atom. The number of aryl methyl sites for hydroxylation is 1. The van der Waals surface area contributed by atoms with Crippen LogP contribution in [0.3, 0.4) is 0 Å². The molecule has 0 saturated heterocycles. The lowest BCUT2D eigenvalue weighted by Gasteiger charge is -2.07. The Morgan fingerprint density at radius 3 is 2.89 bits per heavy atom. The van der Waals surface area contributed by atoms with Crippen LogP contribution >= 0.6 is 11.9 Å². The number of rotatable bonds is 3. The van der Waals surface area contributed by atoms with Gasteiger partial charge in [0.25, 0.3) is 0 Å². The van der Waals surface area contributed by atoms with E-state index in [2.05, 4.69) is 20.8 Å². The number of fused-ring (bicyclic) bond motifs is 1. The Morgan fingerprint density at radius 1 is 1.26 bits per heavy atom. The molecule has 0 saturated carbocycles. The fourth-order valence-corrected chi connectivity index (χ4v) is 2.74. The number of nitriles is 1. The molecule has 0 bridgehead atoms. The first-order valence-corrected chi connectivity index (χ1v) is 6.68. The van der Waals surface area contributed by atoms with Crippen molar-refractivity contribution in [2.45, 2.75) is 11.9 Å². The number of aromatic amines is 2. The molecule has 3 N–H and O–H groups in total. The minimum atomic E-state index is 0.682. The summed E-state index contributed by atoms with van der Waals surface area (Å²) < 4.78 is 3.30. The van der Waals surface area contributed by atoms with Crippen LogP contribution in [-0.4, -0.2) is 9.97 Å². The molecule has 19 heavy (non-hydrogen) atoms. The summed E-state index contributed by atoms with van der Waals surface area (Å²) in [4.78, 5) is 6.29. The zero-order valence-corrected chi connectivity index (χ0v) is 11.1. The Balaban J connectivity index is 1.98. The van der Waals surface area contributed by atoms with Gasteiger partial charge >= 0.3 is 0 Å². The van der Waals surface area contributed by atoms with E-state index in [1.165, 1.54) is 11.9 Å². The maximum absolute atomic E-state index is 9.12. The SMILES string of the molecule is Cc1ccc(NSc2ccc[nH]2)c2[nH]cc(C#N)c12. The van der Waals surface area contributed by atoms with Crippen molar-refractivity contribution < 1.29 is 0 Å². The standard InChI is InChI=1S/C14H12N4S/c1-9-4-5-11(18-19-12-3-2-6-16-12)14-13(9)10(7-15)8-17-14/h2-6,8,16-18H,1H3. The molecule has 3 aromatic rings. The van der Waals surface area contributed by atoms with E-state index >= 15 is 0 Å². The van der Waals surface area contributed by atoms with Crippen LogP contribution in [0, 0.1) is 18.3 Å². The number of benzene rings is 1. The first-order chi connectivity index (χ1) is 9.29. The summed E-state index contributed by atoms with van der Waals surface area (Å²) in [6.07, 6.45) is 3.64. The molecule has 0 fully saturated rings. The number of aromatic nitrogens is 2. The van der Waals surface area contributed by atoms with Crippen LogP contribution < -0.4 is 4.72 Å². The van der Waals surface area contributed by atoms with Crippen molar-refractivity contribution in [1.82, 2.24) is 9.97 Å². The van der Waals surface area contributed by atoms with Gasteiger partial charge in [0.2, 0.25) is 0 Å². The lowest BCUT2D eigenvalue weighted by atomic mass is 10.1. The summed E-state index contributed by atoms with van der Waals surface area (Å²) in [6, 6.07) is 10.2. The number of nitrogens with zero attached hydrogens (tertiary/aromatic N) is 1. The third-order valence-electron chi connectivity index (χ3n) is 3.00. The van der Waals surface area contributed by atoms with Gasteiger partial charge in [-0.25, -0.2) is 0 Å². The predicted molar refractivity (Wildman–Crippen MR) is 78.0 cm³/mol. The average Bonchev–Trinajstić information content (AvgIpc) is 3.07. The molecule has 0 amide bonds. The normalized spacial score (nSPS) is 10.5. The number of hydrogen-bond acceptors (Lipinski definition) is 3. The summed E-state index contributed by atoms with van der Waals surface area (Å²) in [5.41, 5.74) is 3.72. The Bertz CT molecular complexity index is 750. The molecule has 0 aliphatic heterocycles. The third kappa shape index (κ3) is 2.07. The van der Waals surface area contributed by atoms with Crippen LogP contribution in [0.1, 0.15) is 11.1 Å². The van der Waals surface area contributed by atoms with Gasteiger partial charge in [-0.1, -0.05) is 6.07 Å². The second-order valence-corrected chi connectivity index (χ2v) is 5.08. The molecule has 0 aliphatic carbocycles. The monoisotopic (exact) mass is 268 g/mol. The van der Waals surface area contributed by atoms with E-state index in [1.54, 1.807) is 6.20 Å². The maximum atomic E-state index is 9.12. The van der Waals surface area contributed by atoms with E-state index < -0.39 is 0 Å². The summed E-state index contributed by atoms with van der Waals surface area (Å²) >= 11 is 1.51. The number of hydrogen-bond donors (Lipinski definition) is 3. The highest BCUT2D eigenvalue weighted by Crippen LogP contribution is 2.30. The molecule has 4 nitrogen and oxygen atoms in total. The van der Waals surface area contributed by atoms with Crippen LogP contribution in [0.25, 0.3) is 10.9 Å². The molecule has 0 atom stereocenters. The summed E-state index contributed by atoms with van der Waals surface area (Å²) in [5.74, 6) is 0. The lowest BCUT2D eigenvalue weighted by molar-refractivity contribution is 1.21. The minimum Gasteiger partial charge on any atom is -0.358 e. The van der Waals surface area contributed by atoms with E-state index in [9.17, 15) is 0 Å². The topological polar surface area (TPSA) is 67.4 Å². The van der Waals surface area contributed by atoms with E-state index in [-0.39, 0.29) is 0 Å². The first-order valence-electron chi connectivity index (χ1n) is 5.86. The van der Waals surface area contributed by atoms with E-state index in [1.807, 2.05) is 37.4 Å². The predicted octanol–water partition coefficient (Wildman–Crippen LogP) is 3.80. The van der Waals surface area contributed by atoms with Crippen LogP contribution in [0.5, 0.6) is 0 Å². The van der Waals surface area contributed by atoms with Crippen molar-refractivity contribution in [3.8, 4) is 6.07 Å². The molecular weight excluding hydrogens is 256 g/mol. The summed E-state index contributed by atoms with van der Waals surface area (Å²) in [5, 5.41) is 11.1. The fraction of sp³-hybridized carbons (Fsp3) is 0.0714. The van der Waals surface area contributed by atoms with Gasteiger partial charge in [-0.3, -0.25) is 0 Å². The molecule has 5 heteroatoms. The Kier molecular flexibility index (Phi) is 2.94. The van der Waals surface area contributed by atoms with Gasteiger partial charge in [0.15, 0.2) is 0 Å². The van der Waals surface area contributed by atoms with Gasteiger partial charge in [0.05, 0.1) is 21.8 Å². The largest absolute Gasteiger partial charge is 0.358 e. The first kappa shape index (κ1) is 11.8. The van der Waals surface area contributed by atoms with Crippen molar-refractivity contribution in [2.24, 2.45) is 0 Å². The zero-order valence-electron chi connectivity index (χ0n) is 10.3. The molecule has 0 radical (unpaired) electrons. The van der Waals surface area contributed by atoms with Crippen molar-refractivity contribution in [3.63, 3.8) is 0 Å². The molecule has 2 aromatic heterocycles. The molecule has 0 aliphatic rings. The Hall–Kier alpha value is -2.32. The van der Waals surface area contributed by atoms with E-state index in [0.717, 1.165) is 27.2 Å². The lowest BCUT2D eigenvalue weighted by Crippen LogP contribution is -1.89. The van der Waals surface area contributed by atoms with Gasteiger partial charge in [-0.05, 0) is 30.7 Å². The fourth-order valence-electron chi connectivity index (χ4n) is 2.08. The van der Waals surface area contributed by atoms with Crippen molar-refractivity contribution in [2.75, 3.05) is 4.72 Å². The average molecular weight is 268 g/mol. The molecule has 1 aromatic carbocycles. The third-order valence-corrected chi connectivity index (χ3v) is 3.80. The molecule has 3 rings (SSSR count). The highest BCUT2D eigenvalue weighted by atomic mass is 32.2. The van der Waals surface area contributed by atoms with Crippen molar-refractivity contribution in [1.29, 1.82) is 5.26 Å². The zero-order chi connectivity index (χ0) is 13.2. The second kappa shape index (κ2) is 4.75. The maximum Gasteiger partial charge on any atom is 0.101 e. The number of H-pyrrole nitrogens is 2. The quantitative estimate of drug-likeness (QED) is 0.633. The van der Waals surface area contributed by atoms with Crippen LogP contribution in [0.2, 0.25) is 0 Å². The smallest absolute Gasteiger partial charge is 0.101 e. The molecule has 0 spiro atoms. The van der Waals surface area contributed by atoms with Gasteiger partial charge in [-0.2, -0.15) is 5.26 Å².